The van der Waals surface area contributed by atoms with Crippen molar-refractivity contribution in [3.63, 3.8) is 0 Å². The van der Waals surface area contributed by atoms with E-state index in [0.29, 0.717) is 27.7 Å². The average Bonchev–Trinajstić information content (AvgIpc) is 3.41. The van der Waals surface area contributed by atoms with E-state index >= 15 is 0 Å². The fourth-order valence-corrected chi connectivity index (χ4v) is 6.21. The van der Waals surface area contributed by atoms with Gasteiger partial charge in [-0.05, 0) is 66.2 Å². The van der Waals surface area contributed by atoms with Gasteiger partial charge in [-0.2, -0.15) is 13.2 Å². The first-order chi connectivity index (χ1) is 18.0. The molecule has 1 saturated carbocycles. The lowest BCUT2D eigenvalue weighted by Crippen LogP contribution is -2.23. The fourth-order valence-electron chi connectivity index (χ4n) is 3.87. The number of alkyl halides is 5. The molecule has 0 saturated heterocycles. The van der Waals surface area contributed by atoms with Crippen LogP contribution in [-0.4, -0.2) is 30.1 Å². The molecule has 3 aromatic rings. The molecule has 0 bridgehead atoms. The molecule has 15 heteroatoms. The molecule has 1 fully saturated rings. The van der Waals surface area contributed by atoms with Crippen LogP contribution in [0.4, 0.5) is 24.5 Å². The quantitative estimate of drug-likeness (QED) is 0.265. The molecule has 2 atom stereocenters. The second kappa shape index (κ2) is 10.6. The van der Waals surface area contributed by atoms with E-state index in [4.69, 9.17) is 58.0 Å². The monoisotopic (exact) mass is 658 g/mol. The molecule has 2 N–H and O–H groups in total. The minimum Gasteiger partial charge on any atom is -0.326 e. The van der Waals surface area contributed by atoms with Gasteiger partial charge in [0.1, 0.15) is 4.33 Å². The van der Waals surface area contributed by atoms with Crippen LogP contribution in [0.15, 0.2) is 65.6 Å². The summed E-state index contributed by atoms with van der Waals surface area (Å²) in [6.45, 7) is 0. The lowest BCUT2D eigenvalue weighted by atomic mass is 10.1. The zero-order chi connectivity index (χ0) is 28.9. The number of sulfone groups is 1. The third-order valence-corrected chi connectivity index (χ3v) is 8.99. The first-order valence-electron chi connectivity index (χ1n) is 10.7. The van der Waals surface area contributed by atoms with Gasteiger partial charge in [0, 0.05) is 27.3 Å². The largest absolute Gasteiger partial charge is 0.501 e. The highest BCUT2D eigenvalue weighted by Crippen LogP contribution is 2.65. The lowest BCUT2D eigenvalue weighted by Gasteiger charge is -2.11. The van der Waals surface area contributed by atoms with E-state index in [1.807, 2.05) is 0 Å². The van der Waals surface area contributed by atoms with Crippen LogP contribution in [0.2, 0.25) is 15.1 Å². The first-order valence-corrected chi connectivity index (χ1v) is 14.1. The van der Waals surface area contributed by atoms with Crippen molar-refractivity contribution in [1.82, 2.24) is 0 Å². The number of carbonyl (C=O) groups is 2. The fraction of sp³-hybridized carbons (Fsp3) is 0.167. The predicted molar refractivity (Wildman–Crippen MR) is 145 cm³/mol. The summed E-state index contributed by atoms with van der Waals surface area (Å²) in [5.74, 6) is -2.79. The van der Waals surface area contributed by atoms with E-state index < -0.39 is 48.2 Å². The van der Waals surface area contributed by atoms with Crippen molar-refractivity contribution in [2.24, 2.45) is 5.92 Å². The molecule has 0 aromatic heterocycles. The van der Waals surface area contributed by atoms with Crippen LogP contribution >= 0.6 is 58.0 Å². The van der Waals surface area contributed by atoms with Crippen LogP contribution in [0.5, 0.6) is 0 Å². The molecule has 39 heavy (non-hydrogen) atoms. The topological polar surface area (TPSA) is 92.3 Å². The number of amides is 2. The molecule has 0 spiro atoms. The highest BCUT2D eigenvalue weighted by atomic mass is 35.5. The summed E-state index contributed by atoms with van der Waals surface area (Å²) in [4.78, 5) is 24.8. The van der Waals surface area contributed by atoms with E-state index in [0.717, 1.165) is 12.1 Å². The number of carbonyl (C=O) groups excluding carboxylic acids is 2. The molecule has 0 radical (unpaired) electrons. The number of hydrogen-bond acceptors (Lipinski definition) is 4. The van der Waals surface area contributed by atoms with Crippen molar-refractivity contribution in [3.8, 4) is 0 Å². The van der Waals surface area contributed by atoms with Crippen LogP contribution in [0, 0.1) is 5.92 Å². The average molecular weight is 661 g/mol. The SMILES string of the molecule is O=C(Nc1ccc(S(=O)(=O)C(F)(F)F)cc1)c1cc(NC(=O)[C@H]2[C@H](c3cc(Cl)cc(Cl)c3)C2(Cl)Cl)ccc1Cl. The van der Waals surface area contributed by atoms with Crippen LogP contribution in [0.1, 0.15) is 21.8 Å². The van der Waals surface area contributed by atoms with Gasteiger partial charge in [-0.3, -0.25) is 9.59 Å². The van der Waals surface area contributed by atoms with E-state index in [1.54, 1.807) is 12.1 Å². The molecule has 1 aliphatic carbocycles. The summed E-state index contributed by atoms with van der Waals surface area (Å²) >= 11 is 31.0. The maximum atomic E-state index is 13.0. The summed E-state index contributed by atoms with van der Waals surface area (Å²) in [6.07, 6.45) is 0. The Morgan fingerprint density at radius 1 is 0.821 bits per heavy atom. The molecule has 0 heterocycles. The second-order valence-corrected chi connectivity index (χ2v) is 13.1. The van der Waals surface area contributed by atoms with Gasteiger partial charge < -0.3 is 10.6 Å². The van der Waals surface area contributed by atoms with Gasteiger partial charge in [-0.25, -0.2) is 8.42 Å². The van der Waals surface area contributed by atoms with Crippen molar-refractivity contribution in [2.45, 2.75) is 20.7 Å². The molecule has 0 unspecified atom stereocenters. The Balaban J connectivity index is 1.48. The Morgan fingerprint density at radius 3 is 1.95 bits per heavy atom. The third-order valence-electron chi connectivity index (χ3n) is 5.79. The summed E-state index contributed by atoms with van der Waals surface area (Å²) in [6, 6.07) is 12.2. The van der Waals surface area contributed by atoms with E-state index in [9.17, 15) is 31.2 Å². The van der Waals surface area contributed by atoms with Gasteiger partial charge in [-0.15, -0.1) is 23.2 Å². The van der Waals surface area contributed by atoms with Crippen molar-refractivity contribution >= 4 is 91.0 Å². The molecule has 3 aromatic carbocycles. The van der Waals surface area contributed by atoms with Gasteiger partial charge in [0.25, 0.3) is 15.7 Å². The Morgan fingerprint density at radius 2 is 1.38 bits per heavy atom. The van der Waals surface area contributed by atoms with E-state index in [1.165, 1.54) is 24.3 Å². The number of anilines is 2. The van der Waals surface area contributed by atoms with Crippen molar-refractivity contribution in [1.29, 1.82) is 0 Å². The van der Waals surface area contributed by atoms with Crippen LogP contribution in [0.3, 0.4) is 0 Å². The summed E-state index contributed by atoms with van der Waals surface area (Å²) in [7, 11) is -5.54. The van der Waals surface area contributed by atoms with Crippen LogP contribution in [-0.2, 0) is 14.6 Å². The van der Waals surface area contributed by atoms with E-state index in [2.05, 4.69) is 10.6 Å². The molecule has 6 nitrogen and oxygen atoms in total. The Kier molecular flexibility index (Phi) is 8.12. The van der Waals surface area contributed by atoms with Gasteiger partial charge >= 0.3 is 5.51 Å². The number of benzene rings is 3. The normalized spacial score (nSPS) is 18.4. The zero-order valence-electron chi connectivity index (χ0n) is 19.0. The zero-order valence-corrected chi connectivity index (χ0v) is 23.6. The molecule has 4 rings (SSSR count). The summed E-state index contributed by atoms with van der Waals surface area (Å²) < 4.78 is 59.8. The minimum absolute atomic E-state index is 0.00157. The van der Waals surface area contributed by atoms with Gasteiger partial charge in [0.15, 0.2) is 0 Å². The highest BCUT2D eigenvalue weighted by Gasteiger charge is 2.67. The van der Waals surface area contributed by atoms with Crippen molar-refractivity contribution < 1.29 is 31.2 Å². The first kappa shape index (κ1) is 29.8. The Labute approximate surface area is 245 Å². The molecular formula is C24H14Cl5F3N2O4S. The Bertz CT molecular complexity index is 1560. The maximum absolute atomic E-state index is 13.0. The van der Waals surface area contributed by atoms with Crippen LogP contribution in [0.25, 0.3) is 0 Å². The van der Waals surface area contributed by atoms with Gasteiger partial charge in [-0.1, -0.05) is 34.8 Å². The number of nitrogens with one attached hydrogen (secondary N) is 2. The summed E-state index contributed by atoms with van der Waals surface area (Å²) in [5.41, 5.74) is -4.80. The van der Waals surface area contributed by atoms with Crippen LogP contribution < -0.4 is 10.6 Å². The van der Waals surface area contributed by atoms with E-state index in [-0.39, 0.29) is 22.0 Å². The van der Waals surface area contributed by atoms with Gasteiger partial charge in [0.05, 0.1) is 21.4 Å². The summed E-state index contributed by atoms with van der Waals surface area (Å²) in [5, 5.41) is 5.73. The molecular weight excluding hydrogens is 647 g/mol. The molecule has 0 aliphatic heterocycles. The number of hydrogen-bond donors (Lipinski definition) is 2. The van der Waals surface area contributed by atoms with Gasteiger partial charge in [0.2, 0.25) is 5.91 Å². The second-order valence-electron chi connectivity index (χ2n) is 8.44. The minimum atomic E-state index is -5.54. The highest BCUT2D eigenvalue weighted by molar-refractivity contribution is 7.92. The van der Waals surface area contributed by atoms with Crippen molar-refractivity contribution in [2.75, 3.05) is 10.6 Å². The Hall–Kier alpha value is -2.21. The maximum Gasteiger partial charge on any atom is 0.501 e. The number of rotatable bonds is 6. The molecule has 2 amide bonds. The predicted octanol–water partition coefficient (Wildman–Crippen LogP) is 7.72. The molecule has 206 valence electrons. The third kappa shape index (κ3) is 6.11. The smallest absolute Gasteiger partial charge is 0.326 e. The van der Waals surface area contributed by atoms with Crippen molar-refractivity contribution in [3.05, 3.63) is 86.9 Å². The molecule has 1 aliphatic rings. The number of halogens is 8. The lowest BCUT2D eigenvalue weighted by molar-refractivity contribution is -0.117. The standard InChI is InChI=1S/C24H14Cl5F3N2O4S/c25-12-7-11(8-13(26)9-12)19-20(23(19,28)29)22(36)34-15-3-6-18(27)17(10-15)21(35)33-14-1-4-16(5-2-14)39(37,38)24(30,31)32/h1-10,19-20H,(H,33,35)(H,34,36)/t19-,20+/m0/s1.